The van der Waals surface area contributed by atoms with Crippen LogP contribution in [0, 0.1) is 5.82 Å². The summed E-state index contributed by atoms with van der Waals surface area (Å²) in [7, 11) is 1.61. The van der Waals surface area contributed by atoms with Crippen molar-refractivity contribution in [3.63, 3.8) is 0 Å². The predicted molar refractivity (Wildman–Crippen MR) is 130 cm³/mol. The van der Waals surface area contributed by atoms with Crippen LogP contribution in [0.4, 0.5) is 20.6 Å². The van der Waals surface area contributed by atoms with Gasteiger partial charge < -0.3 is 20.3 Å². The van der Waals surface area contributed by atoms with Gasteiger partial charge >= 0.3 is 6.03 Å². The summed E-state index contributed by atoms with van der Waals surface area (Å²) in [5.41, 5.74) is 1.96. The van der Waals surface area contributed by atoms with Crippen LogP contribution in [0.5, 0.6) is 5.75 Å². The number of amides is 2. The fourth-order valence-corrected chi connectivity index (χ4v) is 4.95. The molecule has 8 heteroatoms. The molecule has 2 heterocycles. The molecule has 6 nitrogen and oxygen atoms in total. The third-order valence-electron chi connectivity index (χ3n) is 5.76. The molecule has 170 valence electrons. The van der Waals surface area contributed by atoms with E-state index in [9.17, 15) is 9.18 Å². The Morgan fingerprint density at radius 1 is 1.09 bits per heavy atom. The molecule has 0 aliphatic carbocycles. The molecule has 0 atom stereocenters. The second kappa shape index (κ2) is 10.7. The third-order valence-corrected chi connectivity index (χ3v) is 6.70. The molecule has 1 aromatic heterocycles. The monoisotopic (exact) mass is 456 g/mol. The lowest BCUT2D eigenvalue weighted by atomic mass is 10.2. The molecule has 1 saturated heterocycles. The number of methoxy groups -OCH3 is 1. The summed E-state index contributed by atoms with van der Waals surface area (Å²) in [5, 5.41) is 9.02. The van der Waals surface area contributed by atoms with Gasteiger partial charge in [0.25, 0.3) is 0 Å². The molecule has 0 unspecified atom stereocenters. The lowest BCUT2D eigenvalue weighted by Gasteiger charge is -2.35. The van der Waals surface area contributed by atoms with Crippen molar-refractivity contribution in [3.05, 3.63) is 53.7 Å². The Balaban J connectivity index is 1.12. The summed E-state index contributed by atoms with van der Waals surface area (Å²) >= 11 is 1.61. The van der Waals surface area contributed by atoms with E-state index < -0.39 is 0 Å². The van der Waals surface area contributed by atoms with Crippen LogP contribution in [0.1, 0.15) is 12.8 Å². The molecule has 2 aromatic carbocycles. The number of hydrogen-bond donors (Lipinski definition) is 2. The van der Waals surface area contributed by atoms with Crippen molar-refractivity contribution in [1.29, 1.82) is 0 Å². The number of anilines is 2. The van der Waals surface area contributed by atoms with Crippen LogP contribution in [0.25, 0.3) is 10.1 Å². The summed E-state index contributed by atoms with van der Waals surface area (Å²) < 4.78 is 19.6. The Labute approximate surface area is 192 Å². The number of rotatable bonds is 8. The third kappa shape index (κ3) is 5.69. The average Bonchev–Trinajstić information content (AvgIpc) is 3.23. The van der Waals surface area contributed by atoms with Crippen LogP contribution in [-0.4, -0.2) is 57.3 Å². The van der Waals surface area contributed by atoms with Crippen LogP contribution < -0.4 is 20.3 Å². The molecule has 0 spiro atoms. The molecule has 0 radical (unpaired) electrons. The number of fused-ring (bicyclic) bond motifs is 1. The first-order valence-corrected chi connectivity index (χ1v) is 11.8. The van der Waals surface area contributed by atoms with Crippen LogP contribution in [-0.2, 0) is 0 Å². The first-order valence-electron chi connectivity index (χ1n) is 11.0. The Bertz CT molecular complexity index is 1030. The number of nitrogens with one attached hydrogen (secondary N) is 2. The van der Waals surface area contributed by atoms with E-state index >= 15 is 0 Å². The first-order chi connectivity index (χ1) is 15.6. The second-order valence-corrected chi connectivity index (χ2v) is 8.82. The number of carbonyl (C=O) groups excluding carboxylic acids is 1. The summed E-state index contributed by atoms with van der Waals surface area (Å²) in [4.78, 5) is 16.9. The first kappa shape index (κ1) is 22.4. The lowest BCUT2D eigenvalue weighted by Crippen LogP contribution is -2.46. The molecule has 2 N–H and O–H groups in total. The van der Waals surface area contributed by atoms with Gasteiger partial charge in [0, 0.05) is 53.9 Å². The van der Waals surface area contributed by atoms with Gasteiger partial charge in [-0.2, -0.15) is 0 Å². The number of ether oxygens (including phenoxy) is 1. The minimum Gasteiger partial charge on any atom is -0.497 e. The van der Waals surface area contributed by atoms with E-state index in [4.69, 9.17) is 4.74 Å². The zero-order valence-electron chi connectivity index (χ0n) is 18.3. The number of hydrogen-bond acceptors (Lipinski definition) is 5. The molecule has 3 aromatic rings. The minimum atomic E-state index is -0.188. The maximum Gasteiger partial charge on any atom is 0.319 e. The van der Waals surface area contributed by atoms with Crippen molar-refractivity contribution in [2.45, 2.75) is 12.8 Å². The van der Waals surface area contributed by atoms with E-state index in [1.165, 1.54) is 5.69 Å². The number of benzene rings is 2. The Kier molecular flexibility index (Phi) is 7.44. The minimum absolute atomic E-state index is 0.177. The van der Waals surface area contributed by atoms with Gasteiger partial charge in [-0.3, -0.25) is 4.90 Å². The van der Waals surface area contributed by atoms with Crippen LogP contribution in [0.3, 0.4) is 0 Å². The van der Waals surface area contributed by atoms with Crippen LogP contribution in [0.2, 0.25) is 0 Å². The zero-order valence-corrected chi connectivity index (χ0v) is 19.1. The molecule has 0 bridgehead atoms. The largest absolute Gasteiger partial charge is 0.497 e. The molecule has 0 saturated carbocycles. The highest BCUT2D eigenvalue weighted by atomic mass is 32.1. The van der Waals surface area contributed by atoms with Gasteiger partial charge in [-0.15, -0.1) is 11.3 Å². The number of thiophene rings is 1. The van der Waals surface area contributed by atoms with Gasteiger partial charge in [-0.1, -0.05) is 0 Å². The maximum atomic E-state index is 13.4. The molecule has 1 aliphatic heterocycles. The predicted octanol–water partition coefficient (Wildman–Crippen LogP) is 4.77. The molecule has 4 rings (SSSR count). The van der Waals surface area contributed by atoms with E-state index in [0.29, 0.717) is 6.54 Å². The fourth-order valence-electron chi connectivity index (χ4n) is 3.96. The normalized spacial score (nSPS) is 14.5. The van der Waals surface area contributed by atoms with E-state index in [1.54, 1.807) is 30.6 Å². The van der Waals surface area contributed by atoms with Crippen molar-refractivity contribution in [1.82, 2.24) is 10.2 Å². The second-order valence-electron chi connectivity index (χ2n) is 7.91. The van der Waals surface area contributed by atoms with E-state index in [-0.39, 0.29) is 11.8 Å². The van der Waals surface area contributed by atoms with Crippen molar-refractivity contribution in [2.75, 3.05) is 56.6 Å². The van der Waals surface area contributed by atoms with Crippen molar-refractivity contribution < 1.29 is 13.9 Å². The van der Waals surface area contributed by atoms with Crippen LogP contribution in [0.15, 0.2) is 47.8 Å². The molecule has 32 heavy (non-hydrogen) atoms. The van der Waals surface area contributed by atoms with Gasteiger partial charge in [0.1, 0.15) is 11.6 Å². The standard InChI is InChI=1S/C24H29FN4O2S/c1-31-20-7-5-19(6-8-20)27-24(30)26-10-2-3-11-28-12-14-29(15-13-28)22-17-32-23-16-18(25)4-9-21(22)23/h4-9,16-17H,2-3,10-15H2,1H3,(H2,26,27,30). The Morgan fingerprint density at radius 2 is 1.88 bits per heavy atom. The van der Waals surface area contributed by atoms with E-state index in [0.717, 1.165) is 67.1 Å². The van der Waals surface area contributed by atoms with Gasteiger partial charge in [0.2, 0.25) is 0 Å². The van der Waals surface area contributed by atoms with Crippen molar-refractivity contribution >= 4 is 38.8 Å². The summed E-state index contributed by atoms with van der Waals surface area (Å²) in [6, 6.07) is 12.1. The fraction of sp³-hybridized carbons (Fsp3) is 0.375. The highest BCUT2D eigenvalue weighted by Crippen LogP contribution is 2.34. The SMILES string of the molecule is COc1ccc(NC(=O)NCCCCN2CCN(c3csc4cc(F)ccc34)CC2)cc1. The Morgan fingerprint density at radius 3 is 2.62 bits per heavy atom. The average molecular weight is 457 g/mol. The molecule has 1 fully saturated rings. The van der Waals surface area contributed by atoms with Crippen LogP contribution >= 0.6 is 11.3 Å². The van der Waals surface area contributed by atoms with E-state index in [2.05, 4.69) is 25.8 Å². The summed E-state index contributed by atoms with van der Waals surface area (Å²) in [5.74, 6) is 0.583. The van der Waals surface area contributed by atoms with Gasteiger partial charge in [-0.25, -0.2) is 9.18 Å². The number of halogens is 1. The van der Waals surface area contributed by atoms with Gasteiger partial charge in [-0.05, 0) is 61.9 Å². The molecular formula is C24H29FN4O2S. The lowest BCUT2D eigenvalue weighted by molar-refractivity contribution is 0.247. The maximum absolute atomic E-state index is 13.4. The molecule has 1 aliphatic rings. The zero-order chi connectivity index (χ0) is 22.3. The van der Waals surface area contributed by atoms with Crippen molar-refractivity contribution in [3.8, 4) is 5.75 Å². The van der Waals surface area contributed by atoms with Gasteiger partial charge in [0.15, 0.2) is 0 Å². The number of nitrogens with zero attached hydrogens (tertiary/aromatic N) is 2. The molecule has 2 amide bonds. The van der Waals surface area contributed by atoms with Gasteiger partial charge in [0.05, 0.1) is 12.8 Å². The number of piperazine rings is 1. The number of carbonyl (C=O) groups is 1. The smallest absolute Gasteiger partial charge is 0.319 e. The van der Waals surface area contributed by atoms with E-state index in [1.807, 2.05) is 30.3 Å². The highest BCUT2D eigenvalue weighted by Gasteiger charge is 2.19. The summed E-state index contributed by atoms with van der Waals surface area (Å²) in [6.07, 6.45) is 1.99. The molecular weight excluding hydrogens is 427 g/mol. The van der Waals surface area contributed by atoms with Crippen molar-refractivity contribution in [2.24, 2.45) is 0 Å². The quantitative estimate of drug-likeness (QED) is 0.480. The number of urea groups is 1. The Hall–Kier alpha value is -2.84. The number of unbranched alkanes of at least 4 members (excludes halogenated alkanes) is 1. The summed E-state index contributed by atoms with van der Waals surface area (Å²) in [6.45, 7) is 5.68. The highest BCUT2D eigenvalue weighted by molar-refractivity contribution is 7.17. The topological polar surface area (TPSA) is 56.8 Å².